The van der Waals surface area contributed by atoms with Crippen LogP contribution in [-0.2, 0) is 0 Å². The number of benzene rings is 5. The molecule has 0 spiro atoms. The van der Waals surface area contributed by atoms with Gasteiger partial charge in [-0.05, 0) is 91.3 Å². The summed E-state index contributed by atoms with van der Waals surface area (Å²) in [5.74, 6) is 0. The van der Waals surface area contributed by atoms with Crippen molar-refractivity contribution in [1.82, 2.24) is 0 Å². The third-order valence-electron chi connectivity index (χ3n) is 9.52. The van der Waals surface area contributed by atoms with Gasteiger partial charge in [-0.2, -0.15) is 0 Å². The molecule has 2 nitrogen and oxygen atoms in total. The largest absolute Gasteiger partial charge is 0.311 e. The normalized spacial score (nSPS) is 13.9. The van der Waals surface area contributed by atoms with Crippen molar-refractivity contribution < 1.29 is 0 Å². The smallest absolute Gasteiger partial charge is 0.252 e. The molecular formula is C39H43BN2Si2. The summed E-state index contributed by atoms with van der Waals surface area (Å²) in [5, 5.41) is 3.00. The number of rotatable bonds is 4. The molecule has 44 heavy (non-hydrogen) atoms. The van der Waals surface area contributed by atoms with Crippen LogP contribution in [0.15, 0.2) is 97.1 Å². The molecule has 0 bridgehead atoms. The molecule has 0 saturated carbocycles. The van der Waals surface area contributed by atoms with Gasteiger partial charge < -0.3 is 9.80 Å². The minimum absolute atomic E-state index is 0.168. The van der Waals surface area contributed by atoms with Gasteiger partial charge in [0.15, 0.2) is 0 Å². The number of aryl methyl sites for hydroxylation is 3. The second-order valence-electron chi connectivity index (χ2n) is 15.0. The highest BCUT2D eigenvalue weighted by molar-refractivity contribution is 7.01. The molecule has 5 heteroatoms. The van der Waals surface area contributed by atoms with Gasteiger partial charge in [-0.1, -0.05) is 109 Å². The van der Waals surface area contributed by atoms with E-state index in [4.69, 9.17) is 0 Å². The van der Waals surface area contributed by atoms with Crippen LogP contribution in [0.25, 0.3) is 0 Å². The molecule has 0 saturated heterocycles. The average Bonchev–Trinajstić information content (AvgIpc) is 2.96. The Bertz CT molecular complexity index is 1920. The summed E-state index contributed by atoms with van der Waals surface area (Å²) in [6, 6.07) is 37.8. The van der Waals surface area contributed by atoms with Crippen molar-refractivity contribution >= 4 is 83.7 Å². The Morgan fingerprint density at radius 1 is 0.432 bits per heavy atom. The quantitative estimate of drug-likeness (QED) is 0.189. The summed E-state index contributed by atoms with van der Waals surface area (Å²) < 4.78 is 0. The first-order valence-corrected chi connectivity index (χ1v) is 23.0. The summed E-state index contributed by atoms with van der Waals surface area (Å²) in [5.41, 5.74) is 15.7. The molecule has 0 aliphatic carbocycles. The molecular weight excluding hydrogens is 563 g/mol. The molecule has 0 N–H and O–H groups in total. The molecule has 0 unspecified atom stereocenters. The molecule has 0 radical (unpaired) electrons. The van der Waals surface area contributed by atoms with Crippen LogP contribution < -0.4 is 36.6 Å². The van der Waals surface area contributed by atoms with E-state index in [1.165, 1.54) is 77.6 Å². The van der Waals surface area contributed by atoms with Crippen molar-refractivity contribution in [3.63, 3.8) is 0 Å². The Hall–Kier alpha value is -3.80. The van der Waals surface area contributed by atoms with Crippen molar-refractivity contribution in [1.29, 1.82) is 0 Å². The standard InChI is InChI=1S/C39H43BN2Si2/c1-26-10-13-29(14-11-26)41-35-20-12-27(2)22-33(35)40-34-25-32(44(7,8)9)19-21-36(34)42(38-24-28(3)23-37(41)39(38)40)30-15-17-31(18-16-30)43(4,5)6/h10-25H,1-9H3. The lowest BCUT2D eigenvalue weighted by Gasteiger charge is -2.45. The lowest BCUT2D eigenvalue weighted by Crippen LogP contribution is -2.62. The molecule has 2 aliphatic heterocycles. The Morgan fingerprint density at radius 2 is 0.886 bits per heavy atom. The zero-order valence-electron chi connectivity index (χ0n) is 27.7. The molecule has 2 heterocycles. The maximum Gasteiger partial charge on any atom is 0.252 e. The van der Waals surface area contributed by atoms with Crippen LogP contribution in [0.5, 0.6) is 0 Å². The Morgan fingerprint density at radius 3 is 1.43 bits per heavy atom. The van der Waals surface area contributed by atoms with E-state index < -0.39 is 16.1 Å². The van der Waals surface area contributed by atoms with E-state index in [0.717, 1.165) is 0 Å². The fourth-order valence-electron chi connectivity index (χ4n) is 7.09. The first-order valence-electron chi connectivity index (χ1n) is 16.0. The van der Waals surface area contributed by atoms with Gasteiger partial charge in [-0.15, -0.1) is 0 Å². The number of fused-ring (bicyclic) bond motifs is 4. The van der Waals surface area contributed by atoms with Crippen molar-refractivity contribution in [3.05, 3.63) is 114 Å². The molecule has 220 valence electrons. The fourth-order valence-corrected chi connectivity index (χ4v) is 9.43. The predicted octanol–water partition coefficient (Wildman–Crippen LogP) is 7.78. The summed E-state index contributed by atoms with van der Waals surface area (Å²) in [6.07, 6.45) is 0. The van der Waals surface area contributed by atoms with Crippen LogP contribution in [0.2, 0.25) is 39.3 Å². The van der Waals surface area contributed by atoms with E-state index in [0.29, 0.717) is 0 Å². The van der Waals surface area contributed by atoms with Crippen LogP contribution in [0.3, 0.4) is 0 Å². The Kier molecular flexibility index (Phi) is 6.65. The Balaban J connectivity index is 1.57. The van der Waals surface area contributed by atoms with Crippen LogP contribution >= 0.6 is 0 Å². The van der Waals surface area contributed by atoms with E-state index in [1.54, 1.807) is 0 Å². The highest BCUT2D eigenvalue weighted by Crippen LogP contribution is 2.44. The van der Waals surface area contributed by atoms with Gasteiger partial charge >= 0.3 is 0 Å². The van der Waals surface area contributed by atoms with Gasteiger partial charge in [0.2, 0.25) is 0 Å². The number of hydrogen-bond donors (Lipinski definition) is 0. The minimum atomic E-state index is -1.56. The number of anilines is 6. The first kappa shape index (κ1) is 28.9. The molecule has 5 aromatic carbocycles. The van der Waals surface area contributed by atoms with Crippen molar-refractivity contribution in [2.45, 2.75) is 60.1 Å². The third kappa shape index (κ3) is 4.69. The van der Waals surface area contributed by atoms with Gasteiger partial charge in [0.1, 0.15) is 0 Å². The van der Waals surface area contributed by atoms with Crippen LogP contribution in [0, 0.1) is 20.8 Å². The SMILES string of the molecule is Cc1ccc(N2c3ccc(C)cc3B3c4cc([Si](C)(C)C)ccc4N(c4ccc([Si](C)(C)C)cc4)c4cc(C)cc2c43)cc1. The second kappa shape index (κ2) is 10.1. The maximum atomic E-state index is 2.57. The minimum Gasteiger partial charge on any atom is -0.311 e. The molecule has 0 atom stereocenters. The first-order chi connectivity index (χ1) is 20.8. The average molecular weight is 607 g/mol. The second-order valence-corrected chi connectivity index (χ2v) is 25.2. The van der Waals surface area contributed by atoms with Gasteiger partial charge in [0, 0.05) is 34.1 Å². The van der Waals surface area contributed by atoms with Crippen LogP contribution in [-0.4, -0.2) is 22.9 Å². The molecule has 7 rings (SSSR count). The summed E-state index contributed by atoms with van der Waals surface area (Å²) in [7, 11) is -2.98. The van der Waals surface area contributed by atoms with Crippen LogP contribution in [0.4, 0.5) is 34.1 Å². The zero-order valence-corrected chi connectivity index (χ0v) is 29.7. The molecule has 5 aromatic rings. The molecule has 0 aromatic heterocycles. The van der Waals surface area contributed by atoms with E-state index in [9.17, 15) is 0 Å². The van der Waals surface area contributed by atoms with Gasteiger partial charge in [0.05, 0.1) is 16.1 Å². The van der Waals surface area contributed by atoms with Crippen molar-refractivity contribution in [3.8, 4) is 0 Å². The van der Waals surface area contributed by atoms with E-state index >= 15 is 0 Å². The fraction of sp³-hybridized carbons (Fsp3) is 0.231. The number of hydrogen-bond acceptors (Lipinski definition) is 2. The monoisotopic (exact) mass is 606 g/mol. The van der Waals surface area contributed by atoms with Gasteiger partial charge in [-0.3, -0.25) is 0 Å². The summed E-state index contributed by atoms with van der Waals surface area (Å²) in [4.78, 5) is 5.06. The highest BCUT2D eigenvalue weighted by atomic mass is 28.3. The molecule has 2 aliphatic rings. The van der Waals surface area contributed by atoms with Crippen molar-refractivity contribution in [2.24, 2.45) is 0 Å². The number of nitrogens with zero attached hydrogens (tertiary/aromatic N) is 2. The lowest BCUT2D eigenvalue weighted by molar-refractivity contribution is 1.23. The van der Waals surface area contributed by atoms with Gasteiger partial charge in [0.25, 0.3) is 6.71 Å². The third-order valence-corrected chi connectivity index (χ3v) is 13.6. The van der Waals surface area contributed by atoms with E-state index in [2.05, 4.69) is 167 Å². The summed E-state index contributed by atoms with van der Waals surface area (Å²) >= 11 is 0. The van der Waals surface area contributed by atoms with Gasteiger partial charge in [-0.25, -0.2) is 0 Å². The molecule has 0 fully saturated rings. The van der Waals surface area contributed by atoms with Crippen molar-refractivity contribution in [2.75, 3.05) is 9.80 Å². The lowest BCUT2D eigenvalue weighted by atomic mass is 9.33. The Labute approximate surface area is 266 Å². The van der Waals surface area contributed by atoms with Crippen LogP contribution in [0.1, 0.15) is 16.7 Å². The highest BCUT2D eigenvalue weighted by Gasteiger charge is 2.43. The van der Waals surface area contributed by atoms with E-state index in [1.807, 2.05) is 0 Å². The predicted molar refractivity (Wildman–Crippen MR) is 201 cm³/mol. The van der Waals surface area contributed by atoms with E-state index in [-0.39, 0.29) is 6.71 Å². The molecule has 0 amide bonds. The maximum absolute atomic E-state index is 2.57. The summed E-state index contributed by atoms with van der Waals surface area (Å²) in [6.45, 7) is 21.5. The topological polar surface area (TPSA) is 6.48 Å². The zero-order chi connectivity index (χ0) is 31.1.